The molecule has 3 rings (SSSR count). The molecule has 2 heterocycles. The van der Waals surface area contributed by atoms with Crippen molar-refractivity contribution in [1.29, 1.82) is 0 Å². The fourth-order valence-electron chi connectivity index (χ4n) is 2.01. The van der Waals surface area contributed by atoms with Gasteiger partial charge in [-0.2, -0.15) is 4.98 Å². The number of H-pyrrole nitrogens is 1. The second-order valence-corrected chi connectivity index (χ2v) is 4.15. The summed E-state index contributed by atoms with van der Waals surface area (Å²) in [4.78, 5) is 23.2. The van der Waals surface area contributed by atoms with Crippen LogP contribution >= 0.6 is 0 Å². The van der Waals surface area contributed by atoms with Gasteiger partial charge < -0.3 is 15.0 Å². The van der Waals surface area contributed by atoms with Gasteiger partial charge in [-0.1, -0.05) is 6.07 Å². The average molecular weight is 271 g/mol. The van der Waals surface area contributed by atoms with Crippen LogP contribution in [0.5, 0.6) is 5.75 Å². The Labute approximate surface area is 114 Å². The molecule has 0 unspecified atom stereocenters. The minimum atomic E-state index is -0.268. The van der Waals surface area contributed by atoms with E-state index in [9.17, 15) is 4.79 Å². The fraction of sp³-hybridized carbons (Fsp3) is 0.154. The lowest BCUT2D eigenvalue weighted by atomic mass is 10.3. The zero-order valence-electron chi connectivity index (χ0n) is 11.0. The summed E-state index contributed by atoms with van der Waals surface area (Å²) in [5.41, 5.74) is 1.51. The number of hydrogen-bond acceptors (Lipinski definition) is 5. The molecular formula is C13H13N5O2. The first-order valence-electron chi connectivity index (χ1n) is 6.03. The zero-order valence-corrected chi connectivity index (χ0v) is 11.0. The van der Waals surface area contributed by atoms with E-state index in [1.165, 1.54) is 4.57 Å². The number of aromatic amines is 1. The summed E-state index contributed by atoms with van der Waals surface area (Å²) in [5.74, 6) is 1.12. The molecule has 3 aromatic rings. The van der Waals surface area contributed by atoms with Crippen LogP contribution in [-0.4, -0.2) is 33.7 Å². The van der Waals surface area contributed by atoms with Crippen molar-refractivity contribution in [2.24, 2.45) is 0 Å². The minimum Gasteiger partial charge on any atom is -0.497 e. The normalized spacial score (nSPS) is 10.7. The maximum atomic E-state index is 12.1. The lowest BCUT2D eigenvalue weighted by Crippen LogP contribution is -2.15. The molecule has 7 nitrogen and oxygen atoms in total. The number of anilines is 1. The molecule has 0 spiro atoms. The van der Waals surface area contributed by atoms with Crippen molar-refractivity contribution in [2.45, 2.75) is 0 Å². The molecule has 2 aromatic heterocycles. The molecule has 0 atom stereocenters. The summed E-state index contributed by atoms with van der Waals surface area (Å²) < 4.78 is 6.67. The van der Waals surface area contributed by atoms with Crippen LogP contribution in [0.1, 0.15) is 0 Å². The summed E-state index contributed by atoms with van der Waals surface area (Å²) >= 11 is 0. The Bertz CT molecular complexity index is 821. The molecule has 0 saturated carbocycles. The first kappa shape index (κ1) is 12.2. The number of nitrogens with zero attached hydrogens (tertiary/aromatic N) is 3. The van der Waals surface area contributed by atoms with E-state index in [2.05, 4.69) is 20.3 Å². The maximum Gasteiger partial charge on any atom is 0.332 e. The van der Waals surface area contributed by atoms with E-state index in [0.717, 1.165) is 0 Å². The Morgan fingerprint density at radius 3 is 3.00 bits per heavy atom. The summed E-state index contributed by atoms with van der Waals surface area (Å²) in [6, 6.07) is 7.23. The van der Waals surface area contributed by atoms with Gasteiger partial charge in [0, 0.05) is 13.1 Å². The first-order chi connectivity index (χ1) is 9.72. The van der Waals surface area contributed by atoms with Gasteiger partial charge in [-0.3, -0.25) is 0 Å². The smallest absolute Gasteiger partial charge is 0.332 e. The highest BCUT2D eigenvalue weighted by Crippen LogP contribution is 2.18. The molecule has 20 heavy (non-hydrogen) atoms. The van der Waals surface area contributed by atoms with Crippen molar-refractivity contribution >= 4 is 17.1 Å². The van der Waals surface area contributed by atoms with Crippen molar-refractivity contribution in [2.75, 3.05) is 19.5 Å². The van der Waals surface area contributed by atoms with Crippen molar-refractivity contribution < 1.29 is 4.74 Å². The molecule has 2 N–H and O–H groups in total. The number of aromatic nitrogens is 4. The summed E-state index contributed by atoms with van der Waals surface area (Å²) in [6.07, 6.45) is 1.58. The molecular weight excluding hydrogens is 258 g/mol. The monoisotopic (exact) mass is 271 g/mol. The van der Waals surface area contributed by atoms with E-state index >= 15 is 0 Å². The van der Waals surface area contributed by atoms with Crippen LogP contribution in [0.4, 0.5) is 5.95 Å². The highest BCUT2D eigenvalue weighted by atomic mass is 16.5. The van der Waals surface area contributed by atoms with Gasteiger partial charge >= 0.3 is 5.69 Å². The van der Waals surface area contributed by atoms with Gasteiger partial charge in [0.15, 0.2) is 5.65 Å². The Morgan fingerprint density at radius 1 is 1.40 bits per heavy atom. The molecule has 0 aliphatic heterocycles. The Balaban J connectivity index is 2.28. The quantitative estimate of drug-likeness (QED) is 0.746. The molecule has 0 bridgehead atoms. The number of ether oxygens (including phenoxy) is 1. The number of rotatable bonds is 3. The summed E-state index contributed by atoms with van der Waals surface area (Å²) in [6.45, 7) is 0. The Kier molecular flexibility index (Phi) is 2.86. The highest BCUT2D eigenvalue weighted by Gasteiger charge is 2.11. The minimum absolute atomic E-state index is 0.268. The molecule has 0 aliphatic rings. The van der Waals surface area contributed by atoms with Crippen molar-refractivity contribution in [3.63, 3.8) is 0 Å². The van der Waals surface area contributed by atoms with Gasteiger partial charge in [0.05, 0.1) is 19.0 Å². The molecule has 0 aliphatic carbocycles. The van der Waals surface area contributed by atoms with Crippen LogP contribution in [0, 0.1) is 0 Å². The van der Waals surface area contributed by atoms with Crippen LogP contribution in [0.3, 0.4) is 0 Å². The van der Waals surface area contributed by atoms with Gasteiger partial charge in [0.25, 0.3) is 0 Å². The van der Waals surface area contributed by atoms with Crippen LogP contribution in [0.2, 0.25) is 0 Å². The summed E-state index contributed by atoms with van der Waals surface area (Å²) in [7, 11) is 3.31. The van der Waals surface area contributed by atoms with Crippen LogP contribution in [0.25, 0.3) is 16.9 Å². The van der Waals surface area contributed by atoms with Crippen LogP contribution < -0.4 is 15.7 Å². The second-order valence-electron chi connectivity index (χ2n) is 4.15. The lowest BCUT2D eigenvalue weighted by Gasteiger charge is -2.05. The van der Waals surface area contributed by atoms with Gasteiger partial charge in [-0.25, -0.2) is 14.3 Å². The summed E-state index contributed by atoms with van der Waals surface area (Å²) in [5, 5.41) is 2.85. The van der Waals surface area contributed by atoms with Crippen molar-refractivity contribution in [3.8, 4) is 11.4 Å². The number of imidazole rings is 1. The largest absolute Gasteiger partial charge is 0.497 e. The SMILES string of the molecule is CNc1ncc2[nH]c(=O)n(-c3cccc(OC)c3)c2n1. The van der Waals surface area contributed by atoms with Gasteiger partial charge in [0.1, 0.15) is 11.3 Å². The van der Waals surface area contributed by atoms with Gasteiger partial charge in [-0.05, 0) is 12.1 Å². The fourth-order valence-corrected chi connectivity index (χ4v) is 2.01. The van der Waals surface area contributed by atoms with Crippen LogP contribution in [-0.2, 0) is 0 Å². The predicted octanol–water partition coefficient (Wildman–Crippen LogP) is 1.16. The molecule has 102 valence electrons. The topological polar surface area (TPSA) is 84.8 Å². The maximum absolute atomic E-state index is 12.1. The first-order valence-corrected chi connectivity index (χ1v) is 6.03. The lowest BCUT2D eigenvalue weighted by molar-refractivity contribution is 0.414. The van der Waals surface area contributed by atoms with E-state index in [4.69, 9.17) is 4.74 Å². The number of fused-ring (bicyclic) bond motifs is 1. The average Bonchev–Trinajstić information content (AvgIpc) is 2.82. The second kappa shape index (κ2) is 4.69. The van der Waals surface area contributed by atoms with Crippen LogP contribution in [0.15, 0.2) is 35.3 Å². The predicted molar refractivity (Wildman–Crippen MR) is 75.6 cm³/mol. The Hall–Kier alpha value is -2.83. The molecule has 1 aromatic carbocycles. The van der Waals surface area contributed by atoms with Crippen molar-refractivity contribution in [1.82, 2.24) is 19.5 Å². The molecule has 0 radical (unpaired) electrons. The zero-order chi connectivity index (χ0) is 14.1. The number of methoxy groups -OCH3 is 1. The molecule has 7 heteroatoms. The third-order valence-electron chi connectivity index (χ3n) is 2.96. The third-order valence-corrected chi connectivity index (χ3v) is 2.96. The Morgan fingerprint density at radius 2 is 2.25 bits per heavy atom. The number of nitrogens with one attached hydrogen (secondary N) is 2. The highest BCUT2D eigenvalue weighted by molar-refractivity contribution is 5.73. The van der Waals surface area contributed by atoms with Gasteiger partial charge in [0.2, 0.25) is 5.95 Å². The molecule has 0 fully saturated rings. The van der Waals surface area contributed by atoms with E-state index < -0.39 is 0 Å². The van der Waals surface area contributed by atoms with Crippen molar-refractivity contribution in [3.05, 3.63) is 40.9 Å². The van der Waals surface area contributed by atoms with E-state index in [1.807, 2.05) is 18.2 Å². The number of hydrogen-bond donors (Lipinski definition) is 2. The standard InChI is InChI=1S/C13H13N5O2/c1-14-12-15-7-10-11(17-12)18(13(19)16-10)8-4-3-5-9(6-8)20-2/h3-7H,1-2H3,(H,16,19)(H,14,15,17). The molecule has 0 saturated heterocycles. The molecule has 0 amide bonds. The van der Waals surface area contributed by atoms with Gasteiger partial charge in [-0.15, -0.1) is 0 Å². The number of benzene rings is 1. The van der Waals surface area contributed by atoms with E-state index in [1.54, 1.807) is 26.4 Å². The van der Waals surface area contributed by atoms with E-state index in [-0.39, 0.29) is 5.69 Å². The third kappa shape index (κ3) is 1.89. The van der Waals surface area contributed by atoms with E-state index in [0.29, 0.717) is 28.5 Å².